The summed E-state index contributed by atoms with van der Waals surface area (Å²) in [5.41, 5.74) is 3.28. The van der Waals surface area contributed by atoms with Gasteiger partial charge in [-0.3, -0.25) is 5.10 Å². The van der Waals surface area contributed by atoms with Crippen molar-refractivity contribution in [3.8, 4) is 0 Å². The summed E-state index contributed by atoms with van der Waals surface area (Å²) < 4.78 is 0.916. The van der Waals surface area contributed by atoms with Crippen molar-refractivity contribution in [3.05, 3.63) is 57.7 Å². The third-order valence-electron chi connectivity index (χ3n) is 2.92. The van der Waals surface area contributed by atoms with Crippen molar-refractivity contribution in [1.29, 1.82) is 0 Å². The Bertz CT molecular complexity index is 724. The number of nitrogens with zero attached hydrogens (tertiary/aromatic N) is 1. The Balaban J connectivity index is 1.75. The van der Waals surface area contributed by atoms with E-state index in [0.29, 0.717) is 0 Å². The van der Waals surface area contributed by atoms with E-state index in [4.69, 9.17) is 11.6 Å². The Morgan fingerprint density at radius 3 is 2.95 bits per heavy atom. The molecule has 96 valence electrons. The average Bonchev–Trinajstić information content (AvgIpc) is 2.87. The van der Waals surface area contributed by atoms with E-state index < -0.39 is 0 Å². The summed E-state index contributed by atoms with van der Waals surface area (Å²) in [6, 6.07) is 12.0. The number of fused-ring (bicyclic) bond motifs is 1. The van der Waals surface area contributed by atoms with Crippen molar-refractivity contribution in [2.45, 2.75) is 6.54 Å². The van der Waals surface area contributed by atoms with Crippen molar-refractivity contribution < 1.29 is 0 Å². The van der Waals surface area contributed by atoms with Crippen LogP contribution in [0.15, 0.2) is 47.1 Å². The molecule has 0 bridgehead atoms. The highest BCUT2D eigenvalue weighted by Gasteiger charge is 2.01. The number of benzene rings is 2. The summed E-state index contributed by atoms with van der Waals surface area (Å²) in [4.78, 5) is 0. The number of hydrogen-bond acceptors (Lipinski definition) is 2. The van der Waals surface area contributed by atoms with E-state index in [1.165, 1.54) is 5.56 Å². The molecule has 0 radical (unpaired) electrons. The molecule has 0 aliphatic carbocycles. The molecule has 2 aromatic carbocycles. The second-order valence-electron chi connectivity index (χ2n) is 4.27. The third kappa shape index (κ3) is 2.74. The van der Waals surface area contributed by atoms with Crippen LogP contribution in [0.3, 0.4) is 0 Å². The minimum absolute atomic E-state index is 0.726. The molecular formula is C14H11BrClN3. The van der Waals surface area contributed by atoms with Crippen LogP contribution in [0.1, 0.15) is 5.56 Å². The molecule has 3 rings (SSSR count). The molecule has 0 spiro atoms. The summed E-state index contributed by atoms with van der Waals surface area (Å²) in [5, 5.41) is 12.2. The van der Waals surface area contributed by atoms with Gasteiger partial charge in [0, 0.05) is 22.1 Å². The molecule has 2 N–H and O–H groups in total. The Morgan fingerprint density at radius 2 is 2.11 bits per heavy atom. The maximum atomic E-state index is 5.97. The van der Waals surface area contributed by atoms with Crippen LogP contribution in [-0.2, 0) is 6.54 Å². The molecule has 0 atom stereocenters. The predicted octanol–water partition coefficient (Wildman–Crippen LogP) is 4.59. The lowest BCUT2D eigenvalue weighted by Crippen LogP contribution is -1.99. The summed E-state index contributed by atoms with van der Waals surface area (Å²) in [6.45, 7) is 0.749. The van der Waals surface area contributed by atoms with Gasteiger partial charge in [0.1, 0.15) is 0 Å². The van der Waals surface area contributed by atoms with Crippen LogP contribution in [-0.4, -0.2) is 10.2 Å². The molecule has 5 heteroatoms. The highest BCUT2D eigenvalue weighted by molar-refractivity contribution is 9.10. The van der Waals surface area contributed by atoms with E-state index in [1.807, 2.05) is 36.5 Å². The summed E-state index contributed by atoms with van der Waals surface area (Å²) in [5.74, 6) is 0. The third-order valence-corrected chi connectivity index (χ3v) is 4.13. The van der Waals surface area contributed by atoms with Gasteiger partial charge in [-0.2, -0.15) is 5.10 Å². The highest BCUT2D eigenvalue weighted by atomic mass is 79.9. The van der Waals surface area contributed by atoms with Crippen LogP contribution in [0.2, 0.25) is 5.02 Å². The second kappa shape index (κ2) is 5.23. The fraction of sp³-hybridized carbons (Fsp3) is 0.0714. The van der Waals surface area contributed by atoms with Gasteiger partial charge in [0.15, 0.2) is 0 Å². The second-order valence-corrected chi connectivity index (χ2v) is 5.54. The first kappa shape index (κ1) is 12.5. The van der Waals surface area contributed by atoms with Gasteiger partial charge in [-0.1, -0.05) is 17.7 Å². The molecule has 3 nitrogen and oxygen atoms in total. The molecule has 1 aromatic heterocycles. The van der Waals surface area contributed by atoms with Crippen molar-refractivity contribution in [1.82, 2.24) is 10.2 Å². The molecule has 0 saturated heterocycles. The largest absolute Gasteiger partial charge is 0.381 e. The predicted molar refractivity (Wildman–Crippen MR) is 82.6 cm³/mol. The standard InChI is InChI=1S/C14H11BrClN3/c15-12-5-9(1-3-13(12)16)7-17-11-2-4-14-10(6-11)8-18-19-14/h1-6,8,17H,7H2,(H,18,19). The minimum atomic E-state index is 0.726. The minimum Gasteiger partial charge on any atom is -0.381 e. The quantitative estimate of drug-likeness (QED) is 0.734. The van der Waals surface area contributed by atoms with Gasteiger partial charge in [-0.15, -0.1) is 0 Å². The number of rotatable bonds is 3. The zero-order chi connectivity index (χ0) is 13.2. The summed E-state index contributed by atoms with van der Waals surface area (Å²) in [7, 11) is 0. The Morgan fingerprint density at radius 1 is 1.21 bits per heavy atom. The number of aromatic amines is 1. The smallest absolute Gasteiger partial charge is 0.0651 e. The SMILES string of the molecule is Clc1ccc(CNc2ccc3[nH]ncc3c2)cc1Br. The lowest BCUT2D eigenvalue weighted by molar-refractivity contribution is 1.12. The zero-order valence-electron chi connectivity index (χ0n) is 9.95. The molecule has 1 heterocycles. The van der Waals surface area contributed by atoms with E-state index in [2.05, 4.69) is 37.5 Å². The molecular weight excluding hydrogens is 326 g/mol. The van der Waals surface area contributed by atoms with Gasteiger partial charge in [-0.05, 0) is 51.8 Å². The normalized spacial score (nSPS) is 10.8. The van der Waals surface area contributed by atoms with Crippen molar-refractivity contribution in [2.24, 2.45) is 0 Å². The molecule has 19 heavy (non-hydrogen) atoms. The molecule has 0 saturated carbocycles. The number of aromatic nitrogens is 2. The van der Waals surface area contributed by atoms with Gasteiger partial charge >= 0.3 is 0 Å². The molecule has 0 fully saturated rings. The van der Waals surface area contributed by atoms with Crippen LogP contribution in [0.5, 0.6) is 0 Å². The fourth-order valence-electron chi connectivity index (χ4n) is 1.91. The number of nitrogens with one attached hydrogen (secondary N) is 2. The number of hydrogen-bond donors (Lipinski definition) is 2. The lowest BCUT2D eigenvalue weighted by atomic mass is 10.2. The Kier molecular flexibility index (Phi) is 3.44. The summed E-state index contributed by atoms with van der Waals surface area (Å²) >= 11 is 9.40. The Labute approximate surface area is 124 Å². The monoisotopic (exact) mass is 335 g/mol. The van der Waals surface area contributed by atoms with Crippen LogP contribution in [0.25, 0.3) is 10.9 Å². The van der Waals surface area contributed by atoms with Crippen LogP contribution in [0.4, 0.5) is 5.69 Å². The molecule has 3 aromatic rings. The highest BCUT2D eigenvalue weighted by Crippen LogP contribution is 2.24. The maximum Gasteiger partial charge on any atom is 0.0651 e. The number of anilines is 1. The first-order valence-electron chi connectivity index (χ1n) is 5.83. The van der Waals surface area contributed by atoms with Gasteiger partial charge in [0.05, 0.1) is 16.7 Å². The van der Waals surface area contributed by atoms with Gasteiger partial charge < -0.3 is 5.32 Å². The maximum absolute atomic E-state index is 5.97. The van der Waals surface area contributed by atoms with E-state index >= 15 is 0 Å². The molecule has 0 amide bonds. The average molecular weight is 337 g/mol. The lowest BCUT2D eigenvalue weighted by Gasteiger charge is -2.07. The molecule has 0 unspecified atom stereocenters. The van der Waals surface area contributed by atoms with Crippen LogP contribution < -0.4 is 5.32 Å². The van der Waals surface area contributed by atoms with Gasteiger partial charge in [0.25, 0.3) is 0 Å². The fourth-order valence-corrected chi connectivity index (χ4v) is 2.45. The summed E-state index contributed by atoms with van der Waals surface area (Å²) in [6.07, 6.45) is 1.82. The molecule has 0 aliphatic heterocycles. The van der Waals surface area contributed by atoms with Gasteiger partial charge in [0.2, 0.25) is 0 Å². The number of H-pyrrole nitrogens is 1. The zero-order valence-corrected chi connectivity index (χ0v) is 12.3. The first-order chi connectivity index (χ1) is 9.22. The Hall–Kier alpha value is -1.52. The van der Waals surface area contributed by atoms with Crippen LogP contribution >= 0.6 is 27.5 Å². The van der Waals surface area contributed by atoms with Crippen molar-refractivity contribution >= 4 is 44.1 Å². The van der Waals surface area contributed by atoms with E-state index in [1.54, 1.807) is 0 Å². The van der Waals surface area contributed by atoms with Crippen molar-refractivity contribution in [3.63, 3.8) is 0 Å². The van der Waals surface area contributed by atoms with E-state index in [-0.39, 0.29) is 0 Å². The van der Waals surface area contributed by atoms with Crippen molar-refractivity contribution in [2.75, 3.05) is 5.32 Å². The van der Waals surface area contributed by atoms with Crippen LogP contribution in [0, 0.1) is 0 Å². The topological polar surface area (TPSA) is 40.7 Å². The first-order valence-corrected chi connectivity index (χ1v) is 7.00. The van der Waals surface area contributed by atoms with E-state index in [9.17, 15) is 0 Å². The number of halogens is 2. The van der Waals surface area contributed by atoms with E-state index in [0.717, 1.165) is 32.6 Å². The molecule has 0 aliphatic rings. The van der Waals surface area contributed by atoms with Gasteiger partial charge in [-0.25, -0.2) is 0 Å².